The number of anilines is 1. The van der Waals surface area contributed by atoms with Gasteiger partial charge in [0, 0.05) is 21.8 Å². The van der Waals surface area contributed by atoms with Gasteiger partial charge in [-0.3, -0.25) is 4.79 Å². The summed E-state index contributed by atoms with van der Waals surface area (Å²) in [6, 6.07) is 18.3. The fraction of sp³-hybridized carbons (Fsp3) is 0.316. The van der Waals surface area contributed by atoms with Gasteiger partial charge in [0.2, 0.25) is 5.91 Å². The van der Waals surface area contributed by atoms with Crippen molar-refractivity contribution in [3.63, 3.8) is 0 Å². The van der Waals surface area contributed by atoms with Gasteiger partial charge in [-0.2, -0.15) is 0 Å². The molecule has 3 rings (SSSR count). The van der Waals surface area contributed by atoms with Crippen LogP contribution in [0.5, 0.6) is 0 Å². The number of rotatable bonds is 4. The number of nitrogens with two attached hydrogens (primary N) is 1. The summed E-state index contributed by atoms with van der Waals surface area (Å²) in [5.41, 5.74) is 6.88. The molecule has 0 spiro atoms. The van der Waals surface area contributed by atoms with E-state index in [0.29, 0.717) is 0 Å². The van der Waals surface area contributed by atoms with Gasteiger partial charge in [0.1, 0.15) is 0 Å². The van der Waals surface area contributed by atoms with Crippen molar-refractivity contribution >= 4 is 35.8 Å². The molecule has 3 nitrogen and oxygen atoms in total. The molecule has 1 amide bonds. The van der Waals surface area contributed by atoms with E-state index in [1.54, 1.807) is 11.8 Å². The van der Waals surface area contributed by atoms with Crippen LogP contribution in [0.2, 0.25) is 0 Å². The molecule has 1 fully saturated rings. The highest BCUT2D eigenvalue weighted by molar-refractivity contribution is 7.99. The van der Waals surface area contributed by atoms with Crippen LogP contribution in [0.15, 0.2) is 64.4 Å². The zero-order chi connectivity index (χ0) is 16.1. The highest BCUT2D eigenvalue weighted by Gasteiger charge is 2.25. The lowest BCUT2D eigenvalue weighted by Crippen LogP contribution is -2.34. The monoisotopic (exact) mass is 362 g/mol. The van der Waals surface area contributed by atoms with Crippen LogP contribution in [0.1, 0.15) is 25.7 Å². The summed E-state index contributed by atoms with van der Waals surface area (Å²) in [6.45, 7) is 0. The van der Waals surface area contributed by atoms with Gasteiger partial charge in [0.05, 0.1) is 5.69 Å². The number of hydrogen-bond acceptors (Lipinski definition) is 3. The van der Waals surface area contributed by atoms with Crippen LogP contribution in [-0.2, 0) is 4.79 Å². The molecular formula is C19H23ClN2OS. The summed E-state index contributed by atoms with van der Waals surface area (Å²) in [4.78, 5) is 14.8. The standard InChI is InChI=1S/C19H22N2OS.ClH/c20-15-8-6-7-14(13-15)19(22)21-17-11-4-5-12-18(17)23-16-9-2-1-3-10-16;/h1-5,9-12,14-15H,6-8,13,20H2,(H,21,22);1H. The lowest BCUT2D eigenvalue weighted by atomic mass is 9.85. The number of benzene rings is 2. The Balaban J connectivity index is 0.00000208. The van der Waals surface area contributed by atoms with Crippen molar-refractivity contribution in [2.24, 2.45) is 11.7 Å². The Morgan fingerprint density at radius 3 is 2.50 bits per heavy atom. The fourth-order valence-corrected chi connectivity index (χ4v) is 3.90. The number of carbonyl (C=O) groups excluding carboxylic acids is 1. The molecule has 0 heterocycles. The lowest BCUT2D eigenvalue weighted by Gasteiger charge is -2.26. The quantitative estimate of drug-likeness (QED) is 0.827. The third-order valence-corrected chi connectivity index (χ3v) is 5.29. The number of carbonyl (C=O) groups is 1. The first-order valence-corrected chi connectivity index (χ1v) is 8.92. The van der Waals surface area contributed by atoms with Gasteiger partial charge in [0.25, 0.3) is 0 Å². The molecule has 1 aliphatic rings. The van der Waals surface area contributed by atoms with Gasteiger partial charge in [-0.15, -0.1) is 12.4 Å². The van der Waals surface area contributed by atoms with Crippen LogP contribution in [0.25, 0.3) is 0 Å². The van der Waals surface area contributed by atoms with Gasteiger partial charge >= 0.3 is 0 Å². The molecule has 3 N–H and O–H groups in total. The van der Waals surface area contributed by atoms with Gasteiger partial charge in [-0.1, -0.05) is 48.5 Å². The van der Waals surface area contributed by atoms with Gasteiger partial charge < -0.3 is 11.1 Å². The Bertz CT molecular complexity index is 665. The van der Waals surface area contributed by atoms with Crippen molar-refractivity contribution in [3.05, 3.63) is 54.6 Å². The summed E-state index contributed by atoms with van der Waals surface area (Å²) < 4.78 is 0. The topological polar surface area (TPSA) is 55.1 Å². The maximum atomic E-state index is 12.5. The molecule has 1 aliphatic carbocycles. The van der Waals surface area contributed by atoms with E-state index in [2.05, 4.69) is 17.4 Å². The number of halogens is 1. The highest BCUT2D eigenvalue weighted by Crippen LogP contribution is 2.34. The predicted octanol–water partition coefficient (Wildman–Crippen LogP) is 4.72. The SMILES string of the molecule is Cl.NC1CCCC(C(=O)Nc2ccccc2Sc2ccccc2)C1. The van der Waals surface area contributed by atoms with E-state index in [9.17, 15) is 4.79 Å². The second kappa shape index (κ2) is 9.11. The van der Waals surface area contributed by atoms with Crippen LogP contribution in [-0.4, -0.2) is 11.9 Å². The minimum absolute atomic E-state index is 0. The van der Waals surface area contributed by atoms with Crippen LogP contribution >= 0.6 is 24.2 Å². The molecule has 0 radical (unpaired) electrons. The third-order valence-electron chi connectivity index (χ3n) is 4.20. The van der Waals surface area contributed by atoms with E-state index in [1.807, 2.05) is 42.5 Å². The van der Waals surface area contributed by atoms with Crippen LogP contribution in [0.4, 0.5) is 5.69 Å². The maximum Gasteiger partial charge on any atom is 0.227 e. The van der Waals surface area contributed by atoms with Crippen molar-refractivity contribution in [2.75, 3.05) is 5.32 Å². The molecular weight excluding hydrogens is 340 g/mol. The van der Waals surface area contributed by atoms with Crippen molar-refractivity contribution < 1.29 is 4.79 Å². The molecule has 2 atom stereocenters. The van der Waals surface area contributed by atoms with E-state index >= 15 is 0 Å². The molecule has 2 unspecified atom stereocenters. The molecule has 1 saturated carbocycles. The minimum atomic E-state index is 0. The summed E-state index contributed by atoms with van der Waals surface area (Å²) in [5.74, 6) is 0.134. The molecule has 2 aromatic rings. The first-order chi connectivity index (χ1) is 11.2. The molecule has 128 valence electrons. The van der Waals surface area contributed by atoms with Crippen molar-refractivity contribution in [3.8, 4) is 0 Å². The van der Waals surface area contributed by atoms with Crippen LogP contribution < -0.4 is 11.1 Å². The number of nitrogens with one attached hydrogen (secondary N) is 1. The Morgan fingerprint density at radius 1 is 1.04 bits per heavy atom. The van der Waals surface area contributed by atoms with E-state index in [4.69, 9.17) is 5.73 Å². The van der Waals surface area contributed by atoms with E-state index in [0.717, 1.165) is 41.2 Å². The highest BCUT2D eigenvalue weighted by atomic mass is 35.5. The van der Waals surface area contributed by atoms with Crippen LogP contribution in [0, 0.1) is 5.92 Å². The first kappa shape index (κ1) is 18.8. The Labute approximate surface area is 153 Å². The first-order valence-electron chi connectivity index (χ1n) is 8.11. The number of amides is 1. The number of para-hydroxylation sites is 1. The molecule has 24 heavy (non-hydrogen) atoms. The van der Waals surface area contributed by atoms with Crippen molar-refractivity contribution in [1.82, 2.24) is 0 Å². The Kier molecular flexibility index (Phi) is 7.16. The average molecular weight is 363 g/mol. The predicted molar refractivity (Wildman–Crippen MR) is 103 cm³/mol. The second-order valence-corrected chi connectivity index (χ2v) is 7.14. The molecule has 0 bridgehead atoms. The van der Waals surface area contributed by atoms with Crippen molar-refractivity contribution in [2.45, 2.75) is 41.5 Å². The summed E-state index contributed by atoms with van der Waals surface area (Å²) in [7, 11) is 0. The summed E-state index contributed by atoms with van der Waals surface area (Å²) in [6.07, 6.45) is 3.80. The third kappa shape index (κ3) is 5.00. The summed E-state index contributed by atoms with van der Waals surface area (Å²) >= 11 is 1.66. The zero-order valence-corrected chi connectivity index (χ0v) is 15.1. The average Bonchev–Trinajstić information content (AvgIpc) is 2.57. The lowest BCUT2D eigenvalue weighted by molar-refractivity contribution is -0.120. The fourth-order valence-electron chi connectivity index (χ4n) is 2.97. The van der Waals surface area contributed by atoms with Gasteiger partial charge in [0.15, 0.2) is 0 Å². The second-order valence-electron chi connectivity index (χ2n) is 6.02. The van der Waals surface area contributed by atoms with Crippen LogP contribution in [0.3, 0.4) is 0 Å². The summed E-state index contributed by atoms with van der Waals surface area (Å²) in [5, 5.41) is 3.11. The van der Waals surface area contributed by atoms with Gasteiger partial charge in [-0.05, 0) is 43.5 Å². The van der Waals surface area contributed by atoms with Crippen molar-refractivity contribution in [1.29, 1.82) is 0 Å². The smallest absolute Gasteiger partial charge is 0.227 e. The Hall–Kier alpha value is -1.49. The number of hydrogen-bond donors (Lipinski definition) is 2. The van der Waals surface area contributed by atoms with Gasteiger partial charge in [-0.25, -0.2) is 0 Å². The largest absolute Gasteiger partial charge is 0.328 e. The molecule has 0 aliphatic heterocycles. The normalized spacial score (nSPS) is 20.0. The van der Waals surface area contributed by atoms with E-state index in [1.165, 1.54) is 0 Å². The molecule has 5 heteroatoms. The minimum Gasteiger partial charge on any atom is -0.328 e. The Morgan fingerprint density at radius 2 is 1.75 bits per heavy atom. The zero-order valence-electron chi connectivity index (χ0n) is 13.5. The van der Waals surface area contributed by atoms with E-state index < -0.39 is 0 Å². The molecule has 2 aromatic carbocycles. The maximum absolute atomic E-state index is 12.5. The molecule has 0 saturated heterocycles. The van der Waals surface area contributed by atoms with E-state index in [-0.39, 0.29) is 30.3 Å². The molecule has 0 aromatic heterocycles.